The number of fused-ring (bicyclic) bond motifs is 1. The van der Waals surface area contributed by atoms with E-state index in [1.807, 2.05) is 32.2 Å². The Balaban J connectivity index is 2.06. The summed E-state index contributed by atoms with van der Waals surface area (Å²) in [6.07, 6.45) is 0. The molecule has 0 aliphatic heterocycles. The minimum absolute atomic E-state index is 0.0462. The van der Waals surface area contributed by atoms with Crippen LogP contribution in [0.3, 0.4) is 0 Å². The van der Waals surface area contributed by atoms with Crippen molar-refractivity contribution in [2.45, 2.75) is 27.3 Å². The minimum atomic E-state index is 0.0462. The summed E-state index contributed by atoms with van der Waals surface area (Å²) in [7, 11) is 0. The highest BCUT2D eigenvalue weighted by atomic mass is 32.1. The van der Waals surface area contributed by atoms with Crippen molar-refractivity contribution < 1.29 is 0 Å². The van der Waals surface area contributed by atoms with Gasteiger partial charge in [0, 0.05) is 17.1 Å². The predicted molar refractivity (Wildman–Crippen MR) is 88.7 cm³/mol. The van der Waals surface area contributed by atoms with E-state index in [0.717, 1.165) is 33.2 Å². The Hall–Kier alpha value is -1.73. The van der Waals surface area contributed by atoms with Crippen LogP contribution >= 0.6 is 22.7 Å². The van der Waals surface area contributed by atoms with Gasteiger partial charge in [0.2, 0.25) is 0 Å². The topological polar surface area (TPSA) is 59.8 Å². The Labute approximate surface area is 130 Å². The molecule has 3 heterocycles. The molecule has 0 aliphatic carbocycles. The molecule has 0 aliphatic rings. The first kappa shape index (κ1) is 14.2. The van der Waals surface area contributed by atoms with E-state index in [-0.39, 0.29) is 4.87 Å². The Morgan fingerprint density at radius 1 is 1.33 bits per heavy atom. The summed E-state index contributed by atoms with van der Waals surface area (Å²) in [6, 6.07) is 2.02. The zero-order valence-corrected chi connectivity index (χ0v) is 13.8. The molecule has 3 aromatic rings. The van der Waals surface area contributed by atoms with Crippen molar-refractivity contribution in [2.24, 2.45) is 0 Å². The minimum Gasteiger partial charge on any atom is -0.370 e. The van der Waals surface area contributed by atoms with Gasteiger partial charge in [-0.3, -0.25) is 9.36 Å². The van der Waals surface area contributed by atoms with Gasteiger partial charge in [0.1, 0.15) is 10.6 Å². The summed E-state index contributed by atoms with van der Waals surface area (Å²) < 4.78 is 1.74. The smallest absolute Gasteiger partial charge is 0.307 e. The molecule has 21 heavy (non-hydrogen) atoms. The molecular weight excluding hydrogens is 304 g/mol. The third kappa shape index (κ3) is 2.58. The summed E-state index contributed by atoms with van der Waals surface area (Å²) >= 11 is 2.86. The number of nitrogens with zero attached hydrogens (tertiary/aromatic N) is 3. The molecule has 3 rings (SSSR count). The van der Waals surface area contributed by atoms with Gasteiger partial charge >= 0.3 is 4.87 Å². The summed E-state index contributed by atoms with van der Waals surface area (Å²) in [6.45, 7) is 7.18. The van der Waals surface area contributed by atoms with Crippen LogP contribution in [0.2, 0.25) is 0 Å². The number of nitrogens with one attached hydrogen (secondary N) is 1. The van der Waals surface area contributed by atoms with Crippen molar-refractivity contribution in [1.29, 1.82) is 0 Å². The maximum absolute atomic E-state index is 12.0. The second-order valence-electron chi connectivity index (χ2n) is 4.75. The van der Waals surface area contributed by atoms with Gasteiger partial charge in [-0.1, -0.05) is 11.3 Å². The largest absolute Gasteiger partial charge is 0.370 e. The second kappa shape index (κ2) is 5.57. The molecular formula is C14H16N4OS2. The van der Waals surface area contributed by atoms with Crippen molar-refractivity contribution in [3.63, 3.8) is 0 Å². The molecule has 0 saturated heterocycles. The lowest BCUT2D eigenvalue weighted by Crippen LogP contribution is -2.17. The molecule has 0 unspecified atom stereocenters. The van der Waals surface area contributed by atoms with Gasteiger partial charge in [-0.15, -0.1) is 11.3 Å². The lowest BCUT2D eigenvalue weighted by atomic mass is 10.3. The molecule has 0 radical (unpaired) electrons. The van der Waals surface area contributed by atoms with E-state index in [9.17, 15) is 4.79 Å². The Kier molecular flexibility index (Phi) is 3.77. The van der Waals surface area contributed by atoms with E-state index in [2.05, 4.69) is 15.3 Å². The molecule has 0 fully saturated rings. The van der Waals surface area contributed by atoms with Gasteiger partial charge in [-0.05, 0) is 32.2 Å². The fraction of sp³-hybridized carbons (Fsp3) is 0.357. The van der Waals surface area contributed by atoms with Crippen LogP contribution < -0.4 is 10.2 Å². The third-order valence-corrected chi connectivity index (χ3v) is 5.19. The highest BCUT2D eigenvalue weighted by Crippen LogP contribution is 2.25. The van der Waals surface area contributed by atoms with E-state index in [1.54, 1.807) is 15.9 Å². The van der Waals surface area contributed by atoms with Crippen LogP contribution in [-0.4, -0.2) is 21.1 Å². The Bertz CT molecular complexity index is 846. The van der Waals surface area contributed by atoms with Crippen LogP contribution in [0, 0.1) is 13.8 Å². The van der Waals surface area contributed by atoms with Crippen molar-refractivity contribution in [1.82, 2.24) is 14.5 Å². The summed E-state index contributed by atoms with van der Waals surface area (Å²) in [5.41, 5.74) is 0.991. The number of rotatable bonds is 4. The molecule has 0 aromatic carbocycles. The lowest BCUT2D eigenvalue weighted by Gasteiger charge is -2.08. The van der Waals surface area contributed by atoms with Crippen LogP contribution in [-0.2, 0) is 6.54 Å². The molecule has 3 aromatic heterocycles. The van der Waals surface area contributed by atoms with Gasteiger partial charge in [0.15, 0.2) is 5.82 Å². The summed E-state index contributed by atoms with van der Waals surface area (Å²) in [5.74, 6) is 1.51. The molecule has 0 bridgehead atoms. The van der Waals surface area contributed by atoms with Gasteiger partial charge in [-0.25, -0.2) is 9.97 Å². The van der Waals surface area contributed by atoms with E-state index in [0.29, 0.717) is 12.4 Å². The van der Waals surface area contributed by atoms with Crippen molar-refractivity contribution in [3.05, 3.63) is 37.5 Å². The van der Waals surface area contributed by atoms with E-state index in [1.165, 1.54) is 11.3 Å². The zero-order chi connectivity index (χ0) is 15.0. The van der Waals surface area contributed by atoms with Crippen molar-refractivity contribution in [2.75, 3.05) is 11.9 Å². The lowest BCUT2D eigenvalue weighted by molar-refractivity contribution is 0.713. The van der Waals surface area contributed by atoms with Crippen molar-refractivity contribution >= 4 is 38.7 Å². The first-order valence-electron chi connectivity index (χ1n) is 6.75. The molecule has 7 heteroatoms. The van der Waals surface area contributed by atoms with E-state index in [4.69, 9.17) is 0 Å². The number of thiophene rings is 1. The van der Waals surface area contributed by atoms with Gasteiger partial charge in [0.25, 0.3) is 0 Å². The molecule has 0 atom stereocenters. The Morgan fingerprint density at radius 2 is 2.14 bits per heavy atom. The standard InChI is InChI=1S/C14H16N4OS2/c1-4-15-12-10-5-6-20-13(10)17-11(16-12)7-18-8(2)9(3)21-14(18)19/h5-6H,4,7H2,1-3H3,(H,15,16,17). The number of hydrogen-bond donors (Lipinski definition) is 1. The van der Waals surface area contributed by atoms with Gasteiger partial charge in [0.05, 0.1) is 11.9 Å². The first-order chi connectivity index (χ1) is 10.1. The van der Waals surface area contributed by atoms with E-state index < -0.39 is 0 Å². The molecule has 0 spiro atoms. The van der Waals surface area contributed by atoms with Crippen LogP contribution in [0.15, 0.2) is 16.2 Å². The zero-order valence-electron chi connectivity index (χ0n) is 12.1. The maximum Gasteiger partial charge on any atom is 0.307 e. The van der Waals surface area contributed by atoms with Gasteiger partial charge < -0.3 is 5.32 Å². The second-order valence-corrected chi connectivity index (χ2v) is 6.81. The highest BCUT2D eigenvalue weighted by Gasteiger charge is 2.12. The number of thiazole rings is 1. The first-order valence-corrected chi connectivity index (χ1v) is 8.44. The normalized spacial score (nSPS) is 11.2. The highest BCUT2D eigenvalue weighted by molar-refractivity contribution is 7.16. The molecule has 0 amide bonds. The third-order valence-electron chi connectivity index (χ3n) is 3.39. The van der Waals surface area contributed by atoms with Crippen LogP contribution in [0.5, 0.6) is 0 Å². The number of aromatic nitrogens is 3. The fourth-order valence-corrected chi connectivity index (χ4v) is 3.80. The fourth-order valence-electron chi connectivity index (χ4n) is 2.18. The van der Waals surface area contributed by atoms with Crippen LogP contribution in [0.4, 0.5) is 5.82 Å². The molecule has 110 valence electrons. The van der Waals surface area contributed by atoms with E-state index >= 15 is 0 Å². The Morgan fingerprint density at radius 3 is 2.81 bits per heavy atom. The van der Waals surface area contributed by atoms with Crippen LogP contribution in [0.25, 0.3) is 10.2 Å². The quantitative estimate of drug-likeness (QED) is 0.803. The van der Waals surface area contributed by atoms with Gasteiger partial charge in [-0.2, -0.15) is 0 Å². The average molecular weight is 320 g/mol. The molecule has 1 N–H and O–H groups in total. The van der Waals surface area contributed by atoms with Crippen LogP contribution in [0.1, 0.15) is 23.3 Å². The monoisotopic (exact) mass is 320 g/mol. The number of aryl methyl sites for hydroxylation is 1. The molecule has 5 nitrogen and oxygen atoms in total. The summed E-state index contributed by atoms with van der Waals surface area (Å²) in [5, 5.41) is 6.32. The number of anilines is 1. The SMILES string of the molecule is CCNc1nc(Cn2c(C)c(C)sc2=O)nc2sccc12. The molecule has 0 saturated carbocycles. The maximum atomic E-state index is 12.0. The average Bonchev–Trinajstić information content (AvgIpc) is 3.00. The summed E-state index contributed by atoms with van der Waals surface area (Å²) in [4.78, 5) is 23.2. The predicted octanol–water partition coefficient (Wildman–Crippen LogP) is 3.01. The van der Waals surface area contributed by atoms with Crippen molar-refractivity contribution in [3.8, 4) is 0 Å². The number of hydrogen-bond acceptors (Lipinski definition) is 6.